The fraction of sp³-hybridized carbons (Fsp3) is 0.222. The van der Waals surface area contributed by atoms with E-state index in [1.54, 1.807) is 17.7 Å². The zero-order valence-corrected chi connectivity index (χ0v) is 13.7. The SMILES string of the molecule is CCNNC(=O)c1cc2c(Cc3ccccc3)cn(C)c(=O)c2[nH]1. The molecule has 0 saturated carbocycles. The Bertz CT molecular complexity index is 925. The molecule has 3 aromatic rings. The molecule has 2 heterocycles. The summed E-state index contributed by atoms with van der Waals surface area (Å²) >= 11 is 0. The van der Waals surface area contributed by atoms with Crippen molar-refractivity contribution >= 4 is 16.8 Å². The number of pyridine rings is 1. The molecule has 6 nitrogen and oxygen atoms in total. The van der Waals surface area contributed by atoms with Crippen LogP contribution >= 0.6 is 0 Å². The van der Waals surface area contributed by atoms with Crippen molar-refractivity contribution in [2.75, 3.05) is 6.54 Å². The number of hydrogen-bond donors (Lipinski definition) is 3. The highest BCUT2D eigenvalue weighted by molar-refractivity contribution is 5.98. The van der Waals surface area contributed by atoms with Gasteiger partial charge in [-0.15, -0.1) is 0 Å². The molecule has 0 aliphatic rings. The number of aryl methyl sites for hydroxylation is 1. The third-order valence-corrected chi connectivity index (χ3v) is 3.91. The molecule has 1 aromatic carbocycles. The minimum Gasteiger partial charge on any atom is -0.346 e. The van der Waals surface area contributed by atoms with Crippen LogP contribution in [-0.2, 0) is 13.5 Å². The van der Waals surface area contributed by atoms with Gasteiger partial charge in [0.25, 0.3) is 11.5 Å². The zero-order valence-electron chi connectivity index (χ0n) is 13.7. The van der Waals surface area contributed by atoms with Crippen LogP contribution in [0.5, 0.6) is 0 Å². The second kappa shape index (κ2) is 6.72. The van der Waals surface area contributed by atoms with Gasteiger partial charge in [0.1, 0.15) is 11.2 Å². The molecule has 0 atom stereocenters. The number of carbonyl (C=O) groups is 1. The minimum absolute atomic E-state index is 0.149. The molecule has 0 bridgehead atoms. The van der Waals surface area contributed by atoms with Crippen LogP contribution in [0.15, 0.2) is 47.4 Å². The first-order valence-corrected chi connectivity index (χ1v) is 7.88. The number of H-pyrrole nitrogens is 1. The largest absolute Gasteiger partial charge is 0.346 e. The van der Waals surface area contributed by atoms with Gasteiger partial charge in [-0.1, -0.05) is 37.3 Å². The second-order valence-electron chi connectivity index (χ2n) is 5.69. The van der Waals surface area contributed by atoms with E-state index in [1.165, 1.54) is 0 Å². The molecule has 0 aliphatic heterocycles. The maximum absolute atomic E-state index is 12.4. The van der Waals surface area contributed by atoms with Crippen LogP contribution in [0.1, 0.15) is 28.5 Å². The predicted octanol–water partition coefficient (Wildman–Crippen LogP) is 1.71. The Morgan fingerprint density at radius 1 is 1.25 bits per heavy atom. The highest BCUT2D eigenvalue weighted by Gasteiger charge is 2.15. The Kier molecular flexibility index (Phi) is 4.48. The highest BCUT2D eigenvalue weighted by Crippen LogP contribution is 2.20. The summed E-state index contributed by atoms with van der Waals surface area (Å²) in [6.07, 6.45) is 2.52. The standard InChI is InChI=1S/C18H20N4O2/c1-3-19-21-17(23)15-10-14-13(9-12-7-5-4-6-8-12)11-22(2)18(24)16(14)20-15/h4-8,10-11,19-20H,3,9H2,1-2H3,(H,21,23). The molecule has 24 heavy (non-hydrogen) atoms. The monoisotopic (exact) mass is 324 g/mol. The molecule has 0 spiro atoms. The quantitative estimate of drug-likeness (QED) is 0.625. The Morgan fingerprint density at radius 2 is 2.00 bits per heavy atom. The summed E-state index contributed by atoms with van der Waals surface area (Å²) in [7, 11) is 1.72. The van der Waals surface area contributed by atoms with Gasteiger partial charge >= 0.3 is 0 Å². The van der Waals surface area contributed by atoms with E-state index in [4.69, 9.17) is 0 Å². The molecule has 0 radical (unpaired) electrons. The number of hydrogen-bond acceptors (Lipinski definition) is 3. The van der Waals surface area contributed by atoms with Gasteiger partial charge in [-0.2, -0.15) is 0 Å². The molecular formula is C18H20N4O2. The van der Waals surface area contributed by atoms with Crippen molar-refractivity contribution in [3.63, 3.8) is 0 Å². The minimum atomic E-state index is -0.291. The molecule has 0 fully saturated rings. The van der Waals surface area contributed by atoms with E-state index in [-0.39, 0.29) is 11.5 Å². The van der Waals surface area contributed by atoms with Crippen LogP contribution in [0.3, 0.4) is 0 Å². The number of fused-ring (bicyclic) bond motifs is 1. The molecule has 0 aliphatic carbocycles. The smallest absolute Gasteiger partial charge is 0.281 e. The molecule has 3 N–H and O–H groups in total. The lowest BCUT2D eigenvalue weighted by Crippen LogP contribution is -2.37. The van der Waals surface area contributed by atoms with Crippen molar-refractivity contribution in [2.45, 2.75) is 13.3 Å². The molecule has 6 heteroatoms. The number of nitrogens with zero attached hydrogens (tertiary/aromatic N) is 1. The number of rotatable bonds is 5. The average Bonchev–Trinajstić information content (AvgIpc) is 3.04. The number of benzene rings is 1. The molecule has 124 valence electrons. The van der Waals surface area contributed by atoms with Gasteiger partial charge in [-0.05, 0) is 23.6 Å². The van der Waals surface area contributed by atoms with Gasteiger partial charge in [0.2, 0.25) is 0 Å². The van der Waals surface area contributed by atoms with Crippen LogP contribution < -0.4 is 16.4 Å². The van der Waals surface area contributed by atoms with Gasteiger partial charge in [0, 0.05) is 25.2 Å². The van der Waals surface area contributed by atoms with E-state index in [0.29, 0.717) is 24.2 Å². The van der Waals surface area contributed by atoms with Crippen LogP contribution in [0.25, 0.3) is 10.9 Å². The summed E-state index contributed by atoms with van der Waals surface area (Å²) in [5.41, 5.74) is 8.17. The van der Waals surface area contributed by atoms with Crippen molar-refractivity contribution in [1.29, 1.82) is 0 Å². The van der Waals surface area contributed by atoms with Gasteiger partial charge in [-0.3, -0.25) is 15.0 Å². The maximum Gasteiger partial charge on any atom is 0.281 e. The highest BCUT2D eigenvalue weighted by atomic mass is 16.2. The van der Waals surface area contributed by atoms with E-state index in [9.17, 15) is 9.59 Å². The number of aromatic amines is 1. The number of amides is 1. The molecule has 2 aromatic heterocycles. The molecular weight excluding hydrogens is 304 g/mol. The molecule has 0 saturated heterocycles. The summed E-state index contributed by atoms with van der Waals surface area (Å²) in [5.74, 6) is -0.291. The average molecular weight is 324 g/mol. The Balaban J connectivity index is 2.06. The first kappa shape index (κ1) is 16.0. The lowest BCUT2D eigenvalue weighted by molar-refractivity contribution is 0.0930. The summed E-state index contributed by atoms with van der Waals surface area (Å²) < 4.78 is 1.54. The first-order valence-electron chi connectivity index (χ1n) is 7.88. The fourth-order valence-electron chi connectivity index (χ4n) is 2.73. The molecule has 3 rings (SSSR count). The maximum atomic E-state index is 12.4. The summed E-state index contributed by atoms with van der Waals surface area (Å²) in [6, 6.07) is 11.8. The normalized spacial score (nSPS) is 10.9. The zero-order chi connectivity index (χ0) is 17.1. The van der Waals surface area contributed by atoms with Crippen LogP contribution in [0, 0.1) is 0 Å². The van der Waals surface area contributed by atoms with Crippen LogP contribution in [-0.4, -0.2) is 22.0 Å². The lowest BCUT2D eigenvalue weighted by atomic mass is 10.0. The second-order valence-corrected chi connectivity index (χ2v) is 5.69. The summed E-state index contributed by atoms with van der Waals surface area (Å²) in [5, 5.41) is 0.781. The molecule has 0 unspecified atom stereocenters. The summed E-state index contributed by atoms with van der Waals surface area (Å²) in [4.78, 5) is 27.4. The van der Waals surface area contributed by atoms with E-state index >= 15 is 0 Å². The van der Waals surface area contributed by atoms with Crippen molar-refractivity contribution in [2.24, 2.45) is 7.05 Å². The Morgan fingerprint density at radius 3 is 2.71 bits per heavy atom. The Hall–Kier alpha value is -2.86. The number of carbonyl (C=O) groups excluding carboxylic acids is 1. The number of aromatic nitrogens is 2. The van der Waals surface area contributed by atoms with E-state index in [1.807, 2.05) is 43.5 Å². The Labute approximate surface area is 139 Å². The van der Waals surface area contributed by atoms with Gasteiger partial charge in [0.05, 0.1) is 0 Å². The number of nitrogens with one attached hydrogen (secondary N) is 3. The van der Waals surface area contributed by atoms with Crippen LogP contribution in [0.2, 0.25) is 0 Å². The van der Waals surface area contributed by atoms with E-state index in [2.05, 4.69) is 15.8 Å². The van der Waals surface area contributed by atoms with Gasteiger partial charge in [-0.25, -0.2) is 5.43 Å². The van der Waals surface area contributed by atoms with Gasteiger partial charge < -0.3 is 9.55 Å². The number of hydrazine groups is 1. The van der Waals surface area contributed by atoms with E-state index in [0.717, 1.165) is 16.5 Å². The van der Waals surface area contributed by atoms with Crippen molar-refractivity contribution in [3.8, 4) is 0 Å². The van der Waals surface area contributed by atoms with E-state index < -0.39 is 0 Å². The van der Waals surface area contributed by atoms with Crippen molar-refractivity contribution < 1.29 is 4.79 Å². The van der Waals surface area contributed by atoms with Crippen LogP contribution in [0.4, 0.5) is 0 Å². The van der Waals surface area contributed by atoms with Crippen molar-refractivity contribution in [1.82, 2.24) is 20.4 Å². The summed E-state index contributed by atoms with van der Waals surface area (Å²) in [6.45, 7) is 2.51. The van der Waals surface area contributed by atoms with Gasteiger partial charge in [0.15, 0.2) is 0 Å². The molecule has 1 amide bonds. The topological polar surface area (TPSA) is 78.9 Å². The first-order chi connectivity index (χ1) is 11.6. The fourth-order valence-corrected chi connectivity index (χ4v) is 2.73. The van der Waals surface area contributed by atoms with Crippen molar-refractivity contribution in [3.05, 3.63) is 69.8 Å². The predicted molar refractivity (Wildman–Crippen MR) is 93.9 cm³/mol. The lowest BCUT2D eigenvalue weighted by Gasteiger charge is -2.06. The third-order valence-electron chi connectivity index (χ3n) is 3.91. The third kappa shape index (κ3) is 3.09.